The number of aryl methyl sites for hydroxylation is 2. The van der Waals surface area contributed by atoms with E-state index in [1.807, 2.05) is 80.6 Å². The smallest absolute Gasteiger partial charge is 0.266 e. The topological polar surface area (TPSA) is 58.6 Å². The molecule has 1 fully saturated rings. The number of ether oxygens (including phenoxy) is 1. The predicted molar refractivity (Wildman–Crippen MR) is 142 cm³/mol. The molecule has 4 rings (SSSR count). The monoisotopic (exact) mass is 488 g/mol. The molecule has 1 aliphatic rings. The molecule has 2 amide bonds. The zero-order valence-electron chi connectivity index (χ0n) is 18.9. The molecule has 1 aliphatic heterocycles. The number of nitrogens with zero attached hydrogens (tertiary/aromatic N) is 1. The number of hydrogen-bond donors (Lipinski definition) is 1. The number of thioether (sulfide) groups is 1. The Morgan fingerprint density at radius 1 is 1.06 bits per heavy atom. The molecule has 3 aromatic carbocycles. The number of carbonyl (C=O) groups is 2. The van der Waals surface area contributed by atoms with Crippen molar-refractivity contribution in [3.05, 3.63) is 100.0 Å². The molecule has 0 saturated carbocycles. The highest BCUT2D eigenvalue weighted by Gasteiger charge is 2.32. The summed E-state index contributed by atoms with van der Waals surface area (Å²) in [6, 6.07) is 23.0. The lowest BCUT2D eigenvalue weighted by atomic mass is 10.1. The molecule has 0 aliphatic carbocycles. The van der Waals surface area contributed by atoms with Crippen LogP contribution in [-0.4, -0.2) is 27.6 Å². The van der Waals surface area contributed by atoms with E-state index >= 15 is 0 Å². The SMILES string of the molecule is Cc1ccc(C)c(NC(=O)COc2ccccc2/C=C2\SC(=S)N(Cc3ccccc3)C2=O)c1. The Labute approximate surface area is 208 Å². The van der Waals surface area contributed by atoms with Crippen molar-refractivity contribution < 1.29 is 14.3 Å². The van der Waals surface area contributed by atoms with Crippen LogP contribution in [0.4, 0.5) is 5.69 Å². The highest BCUT2D eigenvalue weighted by atomic mass is 32.2. The number of thiocarbonyl (C=S) groups is 1. The van der Waals surface area contributed by atoms with Crippen LogP contribution in [0, 0.1) is 13.8 Å². The lowest BCUT2D eigenvalue weighted by Crippen LogP contribution is -2.27. The third kappa shape index (κ3) is 5.73. The fourth-order valence-electron chi connectivity index (χ4n) is 3.47. The van der Waals surface area contributed by atoms with Crippen LogP contribution in [0.25, 0.3) is 6.08 Å². The summed E-state index contributed by atoms with van der Waals surface area (Å²) in [6.07, 6.45) is 1.77. The highest BCUT2D eigenvalue weighted by Crippen LogP contribution is 2.35. The largest absolute Gasteiger partial charge is 0.483 e. The van der Waals surface area contributed by atoms with Crippen molar-refractivity contribution in [2.75, 3.05) is 11.9 Å². The highest BCUT2D eigenvalue weighted by molar-refractivity contribution is 8.26. The van der Waals surface area contributed by atoms with Crippen molar-refractivity contribution >= 4 is 51.9 Å². The van der Waals surface area contributed by atoms with Crippen LogP contribution >= 0.6 is 24.0 Å². The fourth-order valence-corrected chi connectivity index (χ4v) is 4.72. The summed E-state index contributed by atoms with van der Waals surface area (Å²) in [5, 5.41) is 2.89. The number of rotatable bonds is 7. The minimum Gasteiger partial charge on any atom is -0.483 e. The number of hydrogen-bond acceptors (Lipinski definition) is 5. The molecule has 0 aromatic heterocycles. The van der Waals surface area contributed by atoms with Gasteiger partial charge in [-0.25, -0.2) is 0 Å². The van der Waals surface area contributed by atoms with Crippen LogP contribution in [0.3, 0.4) is 0 Å². The van der Waals surface area contributed by atoms with Crippen LogP contribution in [-0.2, 0) is 16.1 Å². The summed E-state index contributed by atoms with van der Waals surface area (Å²) in [5.74, 6) is 0.131. The molecule has 0 bridgehead atoms. The third-order valence-corrected chi connectivity index (χ3v) is 6.67. The number of amides is 2. The third-order valence-electron chi connectivity index (χ3n) is 5.29. The van der Waals surface area contributed by atoms with E-state index in [2.05, 4.69) is 5.32 Å². The first-order chi connectivity index (χ1) is 16.4. The van der Waals surface area contributed by atoms with Gasteiger partial charge in [-0.2, -0.15) is 0 Å². The van der Waals surface area contributed by atoms with Crippen molar-refractivity contribution in [1.82, 2.24) is 4.90 Å². The van der Waals surface area contributed by atoms with Crippen LogP contribution in [0.5, 0.6) is 5.75 Å². The molecule has 1 heterocycles. The molecule has 0 atom stereocenters. The van der Waals surface area contributed by atoms with Crippen LogP contribution in [0.1, 0.15) is 22.3 Å². The second kappa shape index (κ2) is 10.7. The summed E-state index contributed by atoms with van der Waals surface area (Å²) in [7, 11) is 0. The number of nitrogens with one attached hydrogen (secondary N) is 1. The molecule has 7 heteroatoms. The fraction of sp³-hybridized carbons (Fsp3) is 0.148. The average molecular weight is 489 g/mol. The molecule has 0 radical (unpaired) electrons. The van der Waals surface area contributed by atoms with Crippen molar-refractivity contribution in [2.24, 2.45) is 0 Å². The Balaban J connectivity index is 1.45. The predicted octanol–water partition coefficient (Wildman–Crippen LogP) is 5.72. The summed E-state index contributed by atoms with van der Waals surface area (Å²) >= 11 is 6.72. The van der Waals surface area contributed by atoms with Crippen molar-refractivity contribution in [3.63, 3.8) is 0 Å². The van der Waals surface area contributed by atoms with E-state index in [1.54, 1.807) is 17.0 Å². The van der Waals surface area contributed by atoms with E-state index in [1.165, 1.54) is 11.8 Å². The van der Waals surface area contributed by atoms with E-state index in [0.29, 0.717) is 27.1 Å². The maximum Gasteiger partial charge on any atom is 0.266 e. The van der Waals surface area contributed by atoms with Crippen LogP contribution < -0.4 is 10.1 Å². The maximum absolute atomic E-state index is 13.0. The molecule has 34 heavy (non-hydrogen) atoms. The zero-order valence-corrected chi connectivity index (χ0v) is 20.5. The number of benzene rings is 3. The molecule has 0 unspecified atom stereocenters. The lowest BCUT2D eigenvalue weighted by Gasteiger charge is -2.14. The number of para-hydroxylation sites is 1. The van der Waals surface area contributed by atoms with Gasteiger partial charge in [0.1, 0.15) is 10.1 Å². The summed E-state index contributed by atoms with van der Waals surface area (Å²) < 4.78 is 6.33. The van der Waals surface area contributed by atoms with Crippen LogP contribution in [0.2, 0.25) is 0 Å². The molecule has 0 spiro atoms. The Bertz CT molecular complexity index is 1270. The molecule has 1 saturated heterocycles. The van der Waals surface area contributed by atoms with Gasteiger partial charge in [0.25, 0.3) is 11.8 Å². The van der Waals surface area contributed by atoms with Gasteiger partial charge in [0.15, 0.2) is 6.61 Å². The van der Waals surface area contributed by atoms with Crippen LogP contribution in [0.15, 0.2) is 77.7 Å². The van der Waals surface area contributed by atoms with E-state index in [0.717, 1.165) is 22.4 Å². The molecular formula is C27H24N2O3S2. The van der Waals surface area contributed by atoms with E-state index in [4.69, 9.17) is 17.0 Å². The first-order valence-corrected chi connectivity index (χ1v) is 12.0. The van der Waals surface area contributed by atoms with Gasteiger partial charge in [-0.1, -0.05) is 84.6 Å². The minimum atomic E-state index is -0.252. The Morgan fingerprint density at radius 3 is 2.59 bits per heavy atom. The molecule has 3 aromatic rings. The summed E-state index contributed by atoms with van der Waals surface area (Å²) in [4.78, 5) is 27.6. The van der Waals surface area contributed by atoms with Crippen molar-refractivity contribution in [3.8, 4) is 5.75 Å². The Morgan fingerprint density at radius 2 is 1.79 bits per heavy atom. The van der Waals surface area contributed by atoms with Gasteiger partial charge >= 0.3 is 0 Å². The second-order valence-electron chi connectivity index (χ2n) is 7.95. The Hall–Kier alpha value is -3.42. The van der Waals surface area contributed by atoms with Gasteiger partial charge in [-0.15, -0.1) is 0 Å². The van der Waals surface area contributed by atoms with E-state index in [9.17, 15) is 9.59 Å². The zero-order chi connectivity index (χ0) is 24.1. The molecule has 172 valence electrons. The van der Waals surface area contributed by atoms with Gasteiger partial charge in [0.2, 0.25) is 0 Å². The maximum atomic E-state index is 13.0. The van der Waals surface area contributed by atoms with Gasteiger partial charge in [-0.05, 0) is 48.7 Å². The van der Waals surface area contributed by atoms with Crippen molar-refractivity contribution in [1.29, 1.82) is 0 Å². The quantitative estimate of drug-likeness (QED) is 0.340. The van der Waals surface area contributed by atoms with E-state index < -0.39 is 0 Å². The van der Waals surface area contributed by atoms with Gasteiger partial charge < -0.3 is 10.1 Å². The summed E-state index contributed by atoms with van der Waals surface area (Å²) in [5.41, 5.74) is 4.54. The minimum absolute atomic E-state index is 0.138. The first kappa shape index (κ1) is 23.7. The standard InChI is InChI=1S/C27H24N2O3S2/c1-18-12-13-19(2)22(14-18)28-25(30)17-32-23-11-7-6-10-21(23)15-24-26(31)29(27(33)34-24)16-20-8-4-3-5-9-20/h3-15H,16-17H2,1-2H3,(H,28,30)/b24-15-. The van der Waals surface area contributed by atoms with Gasteiger partial charge in [0, 0.05) is 11.3 Å². The normalized spacial score (nSPS) is 14.5. The number of anilines is 1. The number of carbonyl (C=O) groups excluding carboxylic acids is 2. The van der Waals surface area contributed by atoms with Gasteiger partial charge in [0.05, 0.1) is 11.4 Å². The molecular weight excluding hydrogens is 464 g/mol. The summed E-state index contributed by atoms with van der Waals surface area (Å²) in [6.45, 7) is 4.20. The average Bonchev–Trinajstić information content (AvgIpc) is 3.09. The lowest BCUT2D eigenvalue weighted by molar-refractivity contribution is -0.122. The van der Waals surface area contributed by atoms with Gasteiger partial charge in [-0.3, -0.25) is 14.5 Å². The van der Waals surface area contributed by atoms with Crippen molar-refractivity contribution in [2.45, 2.75) is 20.4 Å². The molecule has 5 nitrogen and oxygen atoms in total. The first-order valence-electron chi connectivity index (χ1n) is 10.8. The van der Waals surface area contributed by atoms with E-state index in [-0.39, 0.29) is 18.4 Å². The Kier molecular flexibility index (Phi) is 7.45. The second-order valence-corrected chi connectivity index (χ2v) is 9.62. The molecule has 1 N–H and O–H groups in total.